The number of thioether (sulfide) groups is 1. The molecule has 20 heavy (non-hydrogen) atoms. The van der Waals surface area contributed by atoms with Crippen LogP contribution in [-0.4, -0.2) is 37.8 Å². The van der Waals surface area contributed by atoms with Crippen LogP contribution in [0.15, 0.2) is 9.31 Å². The Labute approximate surface area is 130 Å². The molecule has 0 fully saturated rings. The van der Waals surface area contributed by atoms with E-state index in [2.05, 4.69) is 0 Å². The molecule has 0 saturated heterocycles. The SMILES string of the molecule is CSCCC(C)N(C)S(=O)(=O)c1c(C)oc(C)c1CCl. The van der Waals surface area contributed by atoms with Gasteiger partial charge in [-0.3, -0.25) is 0 Å². The number of sulfonamides is 1. The van der Waals surface area contributed by atoms with Gasteiger partial charge < -0.3 is 4.42 Å². The van der Waals surface area contributed by atoms with Crippen LogP contribution >= 0.6 is 23.4 Å². The minimum Gasteiger partial charge on any atom is -0.465 e. The lowest BCUT2D eigenvalue weighted by Gasteiger charge is -2.24. The van der Waals surface area contributed by atoms with Gasteiger partial charge in [0.15, 0.2) is 0 Å². The van der Waals surface area contributed by atoms with Crippen LogP contribution < -0.4 is 0 Å². The number of furan rings is 1. The number of hydrogen-bond acceptors (Lipinski definition) is 4. The highest BCUT2D eigenvalue weighted by molar-refractivity contribution is 7.98. The largest absolute Gasteiger partial charge is 0.465 e. The van der Waals surface area contributed by atoms with Crippen molar-refractivity contribution in [3.63, 3.8) is 0 Å². The monoisotopic (exact) mass is 339 g/mol. The highest BCUT2D eigenvalue weighted by Gasteiger charge is 2.32. The first-order chi connectivity index (χ1) is 9.27. The van der Waals surface area contributed by atoms with E-state index >= 15 is 0 Å². The lowest BCUT2D eigenvalue weighted by atomic mass is 10.3. The van der Waals surface area contributed by atoms with Gasteiger partial charge in [-0.05, 0) is 39.2 Å². The molecule has 0 saturated carbocycles. The maximum Gasteiger partial charge on any atom is 0.246 e. The van der Waals surface area contributed by atoms with Gasteiger partial charge in [-0.1, -0.05) is 0 Å². The third-order valence-corrected chi connectivity index (χ3v) is 6.54. The highest BCUT2D eigenvalue weighted by Crippen LogP contribution is 2.31. The number of nitrogens with zero attached hydrogens (tertiary/aromatic N) is 1. The minimum absolute atomic E-state index is 0.0646. The van der Waals surface area contributed by atoms with E-state index in [0.717, 1.165) is 12.2 Å². The number of rotatable bonds is 7. The molecule has 1 atom stereocenters. The van der Waals surface area contributed by atoms with E-state index < -0.39 is 10.0 Å². The van der Waals surface area contributed by atoms with Crippen LogP contribution in [0.1, 0.15) is 30.4 Å². The van der Waals surface area contributed by atoms with E-state index in [9.17, 15) is 8.42 Å². The minimum atomic E-state index is -3.58. The molecule has 1 aromatic heterocycles. The van der Waals surface area contributed by atoms with Gasteiger partial charge >= 0.3 is 0 Å². The van der Waals surface area contributed by atoms with Gasteiger partial charge in [0, 0.05) is 18.7 Å². The van der Waals surface area contributed by atoms with Crippen LogP contribution in [0, 0.1) is 13.8 Å². The van der Waals surface area contributed by atoms with Gasteiger partial charge in [0.25, 0.3) is 0 Å². The van der Waals surface area contributed by atoms with Crippen molar-refractivity contribution in [2.75, 3.05) is 19.1 Å². The fraction of sp³-hybridized carbons (Fsp3) is 0.692. The average Bonchev–Trinajstić information content (AvgIpc) is 2.69. The van der Waals surface area contributed by atoms with Crippen LogP contribution in [-0.2, 0) is 15.9 Å². The second kappa shape index (κ2) is 7.20. The highest BCUT2D eigenvalue weighted by atomic mass is 35.5. The van der Waals surface area contributed by atoms with Crippen molar-refractivity contribution in [2.24, 2.45) is 0 Å². The second-order valence-corrected chi connectivity index (χ2v) is 7.99. The van der Waals surface area contributed by atoms with Crippen molar-refractivity contribution >= 4 is 33.4 Å². The molecule has 1 unspecified atom stereocenters. The summed E-state index contributed by atoms with van der Waals surface area (Å²) in [6.07, 6.45) is 2.82. The Morgan fingerprint density at radius 1 is 1.35 bits per heavy atom. The number of halogens is 1. The third-order valence-electron chi connectivity index (χ3n) is 3.46. The topological polar surface area (TPSA) is 50.5 Å². The van der Waals surface area contributed by atoms with Gasteiger partial charge in [0.1, 0.15) is 16.4 Å². The molecule has 1 rings (SSSR count). The summed E-state index contributed by atoms with van der Waals surface area (Å²) in [7, 11) is -1.96. The predicted molar refractivity (Wildman–Crippen MR) is 85.1 cm³/mol. The molecule has 0 bridgehead atoms. The summed E-state index contributed by atoms with van der Waals surface area (Å²) in [6, 6.07) is -0.0646. The fourth-order valence-electron chi connectivity index (χ4n) is 2.05. The molecule has 0 aromatic carbocycles. The van der Waals surface area contributed by atoms with Crippen molar-refractivity contribution in [3.8, 4) is 0 Å². The normalized spacial score (nSPS) is 13.9. The molecule has 0 aliphatic heterocycles. The molecular weight excluding hydrogens is 318 g/mol. The molecule has 4 nitrogen and oxygen atoms in total. The van der Waals surface area contributed by atoms with Crippen molar-refractivity contribution in [3.05, 3.63) is 17.1 Å². The van der Waals surface area contributed by atoms with E-state index in [1.807, 2.05) is 13.2 Å². The number of hydrogen-bond donors (Lipinski definition) is 0. The molecule has 7 heteroatoms. The molecule has 0 radical (unpaired) electrons. The first-order valence-electron chi connectivity index (χ1n) is 6.39. The van der Waals surface area contributed by atoms with Crippen molar-refractivity contribution in [2.45, 2.75) is 44.0 Å². The first kappa shape index (κ1) is 17.9. The quantitative estimate of drug-likeness (QED) is 0.714. The van der Waals surface area contributed by atoms with E-state index in [-0.39, 0.29) is 16.8 Å². The lowest BCUT2D eigenvalue weighted by molar-refractivity contribution is 0.381. The predicted octanol–water partition coefficient (Wildman–Crippen LogP) is 3.40. The third kappa shape index (κ3) is 3.53. The van der Waals surface area contributed by atoms with Gasteiger partial charge in [0.2, 0.25) is 10.0 Å². The summed E-state index contributed by atoms with van der Waals surface area (Å²) in [6.45, 7) is 5.31. The number of alkyl halides is 1. The number of aryl methyl sites for hydroxylation is 2. The van der Waals surface area contributed by atoms with Crippen molar-refractivity contribution in [1.29, 1.82) is 0 Å². The van der Waals surface area contributed by atoms with Gasteiger partial charge in [-0.15, -0.1) is 11.6 Å². The van der Waals surface area contributed by atoms with E-state index in [4.69, 9.17) is 16.0 Å². The fourth-order valence-corrected chi connectivity index (χ4v) is 4.83. The molecule has 0 aliphatic carbocycles. The Morgan fingerprint density at radius 2 is 1.95 bits per heavy atom. The van der Waals surface area contributed by atoms with Crippen LogP contribution in [0.3, 0.4) is 0 Å². The summed E-state index contributed by atoms with van der Waals surface area (Å²) in [5, 5.41) is 0. The van der Waals surface area contributed by atoms with E-state index in [0.29, 0.717) is 17.1 Å². The van der Waals surface area contributed by atoms with Crippen molar-refractivity contribution in [1.82, 2.24) is 4.31 Å². The molecular formula is C13H22ClNO3S2. The zero-order valence-electron chi connectivity index (χ0n) is 12.6. The summed E-state index contributed by atoms with van der Waals surface area (Å²) in [4.78, 5) is 0.225. The summed E-state index contributed by atoms with van der Waals surface area (Å²) < 4.78 is 32.4. The Balaban J connectivity index is 3.17. The summed E-state index contributed by atoms with van der Waals surface area (Å²) in [5.41, 5.74) is 0.563. The molecule has 1 aromatic rings. The Hall–Kier alpha value is -0.170. The average molecular weight is 340 g/mol. The Bertz CT molecular complexity index is 554. The van der Waals surface area contributed by atoms with Crippen molar-refractivity contribution < 1.29 is 12.8 Å². The smallest absolute Gasteiger partial charge is 0.246 e. The molecule has 116 valence electrons. The molecule has 0 aliphatic rings. The van der Waals surface area contributed by atoms with Gasteiger partial charge in [0.05, 0.1) is 5.88 Å². The lowest BCUT2D eigenvalue weighted by Crippen LogP contribution is -2.36. The molecule has 0 amide bonds. The van der Waals surface area contributed by atoms with Crippen LogP contribution in [0.5, 0.6) is 0 Å². The van der Waals surface area contributed by atoms with E-state index in [1.165, 1.54) is 4.31 Å². The molecule has 1 heterocycles. The Morgan fingerprint density at radius 3 is 2.45 bits per heavy atom. The van der Waals surface area contributed by atoms with Crippen LogP contribution in [0.2, 0.25) is 0 Å². The zero-order valence-corrected chi connectivity index (χ0v) is 15.0. The van der Waals surface area contributed by atoms with Gasteiger partial charge in [-0.25, -0.2) is 8.42 Å². The second-order valence-electron chi connectivity index (χ2n) is 4.81. The molecule has 0 spiro atoms. The molecule has 0 N–H and O–H groups in total. The summed E-state index contributed by atoms with van der Waals surface area (Å²) >= 11 is 7.59. The maximum atomic E-state index is 12.8. The van der Waals surface area contributed by atoms with E-state index in [1.54, 1.807) is 32.7 Å². The maximum absolute atomic E-state index is 12.8. The standard InChI is InChI=1S/C13H22ClNO3S2/c1-9(6-7-19-5)15(4)20(16,17)13-11(3)18-10(2)12(13)8-14/h9H,6-8H2,1-5H3. The first-order valence-corrected chi connectivity index (χ1v) is 9.76. The van der Waals surface area contributed by atoms with Crippen LogP contribution in [0.4, 0.5) is 0 Å². The Kier molecular flexibility index (Phi) is 6.44. The van der Waals surface area contributed by atoms with Gasteiger partial charge in [-0.2, -0.15) is 16.1 Å². The summed E-state index contributed by atoms with van der Waals surface area (Å²) in [5.74, 6) is 2.03. The zero-order chi connectivity index (χ0) is 15.5. The van der Waals surface area contributed by atoms with Crippen LogP contribution in [0.25, 0.3) is 0 Å².